The summed E-state index contributed by atoms with van der Waals surface area (Å²) in [7, 11) is -3.92. The van der Waals surface area contributed by atoms with E-state index in [4.69, 9.17) is 0 Å². The third kappa shape index (κ3) is 2.89. The van der Waals surface area contributed by atoms with E-state index in [1.54, 1.807) is 12.4 Å². The molecule has 0 amide bonds. The second-order valence-electron chi connectivity index (χ2n) is 5.28. The number of hydrogen-bond acceptors (Lipinski definition) is 3. The molecule has 8 heteroatoms. The maximum absolute atomic E-state index is 13.3. The van der Waals surface area contributed by atoms with Crippen LogP contribution in [0.5, 0.6) is 0 Å². The van der Waals surface area contributed by atoms with Gasteiger partial charge in [0.15, 0.2) is 0 Å². The van der Waals surface area contributed by atoms with Gasteiger partial charge in [-0.25, -0.2) is 22.2 Å². The molecule has 2 heterocycles. The Hall–Kier alpha value is -1.80. The van der Waals surface area contributed by atoms with Crippen molar-refractivity contribution in [1.82, 2.24) is 14.3 Å². The molecule has 0 saturated carbocycles. The SMILES string of the molecule is O=S(=O)(c1cc(F)cc(F)c1)N1CCCC(c2ncc[nH]2)C1. The van der Waals surface area contributed by atoms with Crippen LogP contribution < -0.4 is 0 Å². The van der Waals surface area contributed by atoms with Gasteiger partial charge in [0.05, 0.1) is 4.90 Å². The summed E-state index contributed by atoms with van der Waals surface area (Å²) in [4.78, 5) is 6.79. The maximum Gasteiger partial charge on any atom is 0.243 e. The topological polar surface area (TPSA) is 66.1 Å². The van der Waals surface area contributed by atoms with E-state index in [1.807, 2.05) is 0 Å². The van der Waals surface area contributed by atoms with Crippen LogP contribution in [-0.4, -0.2) is 35.8 Å². The molecule has 1 saturated heterocycles. The van der Waals surface area contributed by atoms with Gasteiger partial charge in [0.25, 0.3) is 0 Å². The van der Waals surface area contributed by atoms with Crippen molar-refractivity contribution in [2.24, 2.45) is 0 Å². The van der Waals surface area contributed by atoms with E-state index in [2.05, 4.69) is 9.97 Å². The Kier molecular flexibility index (Phi) is 3.96. The van der Waals surface area contributed by atoms with E-state index in [0.29, 0.717) is 19.0 Å². The molecule has 0 bridgehead atoms. The van der Waals surface area contributed by atoms with Gasteiger partial charge in [0, 0.05) is 37.5 Å². The Labute approximate surface area is 127 Å². The molecule has 0 spiro atoms. The Balaban J connectivity index is 1.88. The van der Waals surface area contributed by atoms with Crippen molar-refractivity contribution in [2.45, 2.75) is 23.7 Å². The Morgan fingerprint density at radius 1 is 1.23 bits per heavy atom. The van der Waals surface area contributed by atoms with Crippen LogP contribution in [0.4, 0.5) is 8.78 Å². The first kappa shape index (κ1) is 15.1. The molecule has 0 aliphatic carbocycles. The second-order valence-corrected chi connectivity index (χ2v) is 7.22. The highest BCUT2D eigenvalue weighted by molar-refractivity contribution is 7.89. The average Bonchev–Trinajstić information content (AvgIpc) is 3.00. The van der Waals surface area contributed by atoms with Gasteiger partial charge in [-0.15, -0.1) is 0 Å². The predicted molar refractivity (Wildman–Crippen MR) is 75.7 cm³/mol. The highest BCUT2D eigenvalue weighted by Crippen LogP contribution is 2.29. The molecule has 1 aliphatic rings. The monoisotopic (exact) mass is 327 g/mol. The molecule has 1 aromatic heterocycles. The van der Waals surface area contributed by atoms with Crippen molar-refractivity contribution in [3.8, 4) is 0 Å². The molecule has 118 valence electrons. The maximum atomic E-state index is 13.3. The normalized spacial score (nSPS) is 20.2. The summed E-state index contributed by atoms with van der Waals surface area (Å²) in [6.45, 7) is 0.575. The van der Waals surface area contributed by atoms with Crippen molar-refractivity contribution < 1.29 is 17.2 Å². The zero-order valence-corrected chi connectivity index (χ0v) is 12.5. The van der Waals surface area contributed by atoms with Crippen molar-refractivity contribution >= 4 is 10.0 Å². The lowest BCUT2D eigenvalue weighted by Gasteiger charge is -2.31. The van der Waals surface area contributed by atoms with Crippen LogP contribution in [0.25, 0.3) is 0 Å². The second kappa shape index (κ2) is 5.77. The number of halogens is 2. The number of rotatable bonds is 3. The fraction of sp³-hybridized carbons (Fsp3) is 0.357. The predicted octanol–water partition coefficient (Wildman–Crippen LogP) is 2.26. The number of nitrogens with zero attached hydrogens (tertiary/aromatic N) is 2. The van der Waals surface area contributed by atoms with Gasteiger partial charge in [-0.1, -0.05) is 0 Å². The van der Waals surface area contributed by atoms with Crippen molar-refractivity contribution in [2.75, 3.05) is 13.1 Å². The van der Waals surface area contributed by atoms with E-state index >= 15 is 0 Å². The fourth-order valence-corrected chi connectivity index (χ4v) is 4.28. The Bertz CT molecular complexity index is 742. The summed E-state index contributed by atoms with van der Waals surface area (Å²) in [5, 5.41) is 0. The molecule has 1 unspecified atom stereocenters. The van der Waals surface area contributed by atoms with Crippen LogP contribution in [0.1, 0.15) is 24.6 Å². The molecule has 3 rings (SSSR count). The number of imidazole rings is 1. The Morgan fingerprint density at radius 3 is 2.59 bits per heavy atom. The molecule has 1 fully saturated rings. The van der Waals surface area contributed by atoms with Crippen LogP contribution in [-0.2, 0) is 10.0 Å². The minimum Gasteiger partial charge on any atom is -0.348 e. The average molecular weight is 327 g/mol. The Morgan fingerprint density at radius 2 is 1.95 bits per heavy atom. The first-order valence-electron chi connectivity index (χ1n) is 6.92. The highest BCUT2D eigenvalue weighted by atomic mass is 32.2. The molecule has 1 atom stereocenters. The summed E-state index contributed by atoms with van der Waals surface area (Å²) < 4.78 is 53.0. The van der Waals surface area contributed by atoms with Crippen molar-refractivity contribution in [1.29, 1.82) is 0 Å². The highest BCUT2D eigenvalue weighted by Gasteiger charge is 2.32. The van der Waals surface area contributed by atoms with Crippen molar-refractivity contribution in [3.63, 3.8) is 0 Å². The summed E-state index contributed by atoms with van der Waals surface area (Å²) in [6, 6.07) is 2.34. The summed E-state index contributed by atoms with van der Waals surface area (Å²) >= 11 is 0. The van der Waals surface area contributed by atoms with Crippen LogP contribution >= 0.6 is 0 Å². The van der Waals surface area contributed by atoms with Crippen LogP contribution in [0, 0.1) is 11.6 Å². The van der Waals surface area contributed by atoms with Gasteiger partial charge < -0.3 is 4.98 Å². The molecule has 1 aliphatic heterocycles. The fourth-order valence-electron chi connectivity index (χ4n) is 2.71. The lowest BCUT2D eigenvalue weighted by atomic mass is 9.99. The number of aromatic nitrogens is 2. The lowest BCUT2D eigenvalue weighted by Crippen LogP contribution is -2.39. The minimum atomic E-state index is -3.92. The first-order valence-corrected chi connectivity index (χ1v) is 8.36. The zero-order valence-electron chi connectivity index (χ0n) is 11.7. The number of sulfonamides is 1. The van der Waals surface area contributed by atoms with E-state index < -0.39 is 21.7 Å². The van der Waals surface area contributed by atoms with Crippen molar-refractivity contribution in [3.05, 3.63) is 48.1 Å². The van der Waals surface area contributed by atoms with E-state index in [0.717, 1.165) is 24.4 Å². The van der Waals surface area contributed by atoms with Gasteiger partial charge in [0.1, 0.15) is 17.5 Å². The third-order valence-electron chi connectivity index (χ3n) is 3.76. The summed E-state index contributed by atoms with van der Waals surface area (Å²) in [5.41, 5.74) is 0. The third-order valence-corrected chi connectivity index (χ3v) is 5.61. The quantitative estimate of drug-likeness (QED) is 0.940. The van der Waals surface area contributed by atoms with Gasteiger partial charge in [-0.05, 0) is 25.0 Å². The number of aromatic amines is 1. The molecule has 2 aromatic rings. The summed E-state index contributed by atoms with van der Waals surface area (Å²) in [6.07, 6.45) is 4.79. The van der Waals surface area contributed by atoms with Gasteiger partial charge in [-0.3, -0.25) is 0 Å². The van der Waals surface area contributed by atoms with Crippen LogP contribution in [0.3, 0.4) is 0 Å². The van der Waals surface area contributed by atoms with Gasteiger partial charge in [0.2, 0.25) is 10.0 Å². The smallest absolute Gasteiger partial charge is 0.243 e. The zero-order chi connectivity index (χ0) is 15.7. The number of nitrogens with one attached hydrogen (secondary N) is 1. The number of benzene rings is 1. The molecular formula is C14H15F2N3O2S. The molecule has 1 aromatic carbocycles. The molecule has 22 heavy (non-hydrogen) atoms. The lowest BCUT2D eigenvalue weighted by molar-refractivity contribution is 0.309. The minimum absolute atomic E-state index is 0.0445. The molecule has 0 radical (unpaired) electrons. The number of H-pyrrole nitrogens is 1. The number of hydrogen-bond donors (Lipinski definition) is 1. The number of piperidine rings is 1. The van der Waals surface area contributed by atoms with Gasteiger partial charge >= 0.3 is 0 Å². The summed E-state index contributed by atoms with van der Waals surface area (Å²) in [5.74, 6) is -1.13. The molecule has 1 N–H and O–H groups in total. The largest absolute Gasteiger partial charge is 0.348 e. The standard InChI is InChI=1S/C14H15F2N3O2S/c15-11-6-12(16)8-13(7-11)22(20,21)19-5-1-2-10(9-19)14-17-3-4-18-14/h3-4,6-8,10H,1-2,5,9H2,(H,17,18). The van der Waals surface area contributed by atoms with Crippen LogP contribution in [0.15, 0.2) is 35.5 Å². The van der Waals surface area contributed by atoms with E-state index in [1.165, 1.54) is 4.31 Å². The van der Waals surface area contributed by atoms with Gasteiger partial charge in [-0.2, -0.15) is 4.31 Å². The molecular weight excluding hydrogens is 312 g/mol. The molecule has 5 nitrogen and oxygen atoms in total. The van der Waals surface area contributed by atoms with E-state index in [9.17, 15) is 17.2 Å². The van der Waals surface area contributed by atoms with E-state index in [-0.39, 0.29) is 17.4 Å². The van der Waals surface area contributed by atoms with Crippen LogP contribution in [0.2, 0.25) is 0 Å². The first-order chi connectivity index (χ1) is 10.5.